The van der Waals surface area contributed by atoms with Gasteiger partial charge >= 0.3 is 5.84 Å². The molecule has 0 saturated heterocycles. The molecule has 0 fully saturated rings. The summed E-state index contributed by atoms with van der Waals surface area (Å²) in [5.41, 5.74) is 19.7. The smallest absolute Gasteiger partial charge is 0.307 e. The fraction of sp³-hybridized carbons (Fsp3) is 0.178. The number of hydrogen-bond donors (Lipinski definition) is 0. The van der Waals surface area contributed by atoms with Gasteiger partial charge in [-0.2, -0.15) is 4.98 Å². The largest absolute Gasteiger partial charge is 0.457 e. The van der Waals surface area contributed by atoms with Crippen LogP contribution in [-0.4, -0.2) is 40.8 Å². The molecule has 9 heterocycles. The van der Waals surface area contributed by atoms with Gasteiger partial charge < -0.3 is 9.15 Å². The zero-order chi connectivity index (χ0) is 125. The minimum Gasteiger partial charge on any atom is -0.457 e. The van der Waals surface area contributed by atoms with E-state index in [1.54, 1.807) is 97.1 Å². The van der Waals surface area contributed by atoms with Crippen molar-refractivity contribution in [2.45, 2.75) is 179 Å². The van der Waals surface area contributed by atoms with Gasteiger partial charge in [-0.15, -0.1) is 0 Å². The second-order valence-corrected chi connectivity index (χ2v) is 48.3. The Bertz CT molecular complexity index is 10500. The molecule has 0 bridgehead atoms. The lowest BCUT2D eigenvalue weighted by Gasteiger charge is -2.36. The molecule has 0 atom stereocenters. The van der Waals surface area contributed by atoms with E-state index >= 15 is 0 Å². The van der Waals surface area contributed by atoms with Crippen LogP contribution in [0, 0.1) is 54.8 Å². The van der Waals surface area contributed by atoms with Crippen LogP contribution in [0.4, 0.5) is 0 Å². The number of hydrogen-bond acceptors (Lipinski definition) is 8. The van der Waals surface area contributed by atoms with E-state index < -0.39 is 86.5 Å². The second-order valence-electron chi connectivity index (χ2n) is 40.9. The molecular weight excluding hydrogens is 1880 g/mol. The molecule has 6 aromatic heterocycles. The van der Waals surface area contributed by atoms with Gasteiger partial charge in [-0.1, -0.05) is 329 Å². The number of para-hydroxylation sites is 9. The molecule has 0 amide bonds. The molecular formula is C135H117N7O2S3Si. The minimum atomic E-state index is -2.71. The first-order valence-corrected chi connectivity index (χ1v) is 54.8. The van der Waals surface area contributed by atoms with E-state index in [-0.39, 0.29) is 83.6 Å². The van der Waals surface area contributed by atoms with Gasteiger partial charge in [-0.25, -0.2) is 9.97 Å². The molecule has 9 nitrogen and oxygen atoms in total. The standard InChI is InChI=1S/C45H41N3OSi.C45H38N2OS.C45H38N2S2/c1-28-20-22-30(42-34(45(3,4)5)24-25-41-43(42)49-39-18-12-13-19-40(39)50(41,6)7)26-32(28)33-27-31(23-21-29(33)2)47-37-16-10-11-17-38(37)48-36-15-9-8-14-35(36)46-44(47)48;1-7-29-21-23-38-42(48-44-46-36-13-9-10-14-37(36)47(38)44)41(29)31-20-17-27(3)33(25-31)32-24-30(19-16-26(32)2)40-28(4)18-22-35-43(40)49-39-15-11-8-12-34(39)45(35,5)6;1-7-29-21-23-38-43(49-44-46-36-13-9-10-14-37(36)47(38)44)41(29)31-20-17-27(3)33(25-31)32-24-30(19-16-26(32)2)40-28(4)18-22-35-42(40)48-39-15-11-8-12-34(39)45(35,5)6/h8-27H,1-7H3;2*8-25H,7H2,1-6H3/i1D3,2D3;2*2D3,3D3,4D3,7D2. The lowest BCUT2D eigenvalue weighted by atomic mass is 9.76. The Morgan fingerprint density at radius 2 is 0.784 bits per heavy atom. The molecule has 0 aliphatic carbocycles. The number of aromatic nitrogens is 7. The van der Waals surface area contributed by atoms with Gasteiger partial charge in [0.1, 0.15) is 19.6 Å². The highest BCUT2D eigenvalue weighted by Gasteiger charge is 2.42. The second kappa shape index (κ2) is 35.6. The van der Waals surface area contributed by atoms with E-state index in [1.165, 1.54) is 78.2 Å². The first kappa shape index (κ1) is 67.6. The number of imidazole rings is 4. The zero-order valence-corrected chi connectivity index (χ0v) is 86.5. The van der Waals surface area contributed by atoms with Crippen LogP contribution in [0.25, 0.3) is 177 Å². The van der Waals surface area contributed by atoms with Crippen molar-refractivity contribution < 1.29 is 47.5 Å². The number of aryl methyl sites for hydroxylation is 10. The molecule has 0 N–H and O–H groups in total. The van der Waals surface area contributed by atoms with Gasteiger partial charge in [0.15, 0.2) is 10.5 Å². The van der Waals surface area contributed by atoms with Crippen LogP contribution >= 0.6 is 34.9 Å². The van der Waals surface area contributed by atoms with E-state index in [4.69, 9.17) is 57.5 Å². The summed E-state index contributed by atoms with van der Waals surface area (Å²) < 4.78 is 266. The van der Waals surface area contributed by atoms with Crippen molar-refractivity contribution in [3.8, 4) is 106 Å². The van der Waals surface area contributed by atoms with E-state index in [1.807, 2.05) is 195 Å². The van der Waals surface area contributed by atoms with Crippen molar-refractivity contribution in [3.05, 3.63) is 423 Å². The maximum absolute atomic E-state index is 8.92. The van der Waals surface area contributed by atoms with Crippen molar-refractivity contribution in [1.82, 2.24) is 32.7 Å². The van der Waals surface area contributed by atoms with Gasteiger partial charge in [-0.05, 0) is 360 Å². The van der Waals surface area contributed by atoms with Crippen molar-refractivity contribution in [3.63, 3.8) is 0 Å². The molecule has 3 aliphatic rings. The van der Waals surface area contributed by atoms with Crippen LogP contribution in [0.5, 0.6) is 11.5 Å². The highest BCUT2D eigenvalue weighted by Crippen LogP contribution is 2.57. The van der Waals surface area contributed by atoms with Crippen LogP contribution in [0.15, 0.2) is 364 Å². The summed E-state index contributed by atoms with van der Waals surface area (Å²) in [6.45, 7) is 1.42. The van der Waals surface area contributed by atoms with Crippen molar-refractivity contribution in [1.29, 1.82) is 0 Å². The monoisotopic (exact) mass is 2020 g/mol. The van der Waals surface area contributed by atoms with Crippen LogP contribution in [0.1, 0.15) is 184 Å². The number of oxazole rings is 1. The third-order valence-electron chi connectivity index (χ3n) is 30.1. The Morgan fingerprint density at radius 1 is 0.358 bits per heavy atom. The van der Waals surface area contributed by atoms with Gasteiger partial charge in [-0.3, -0.25) is 17.8 Å². The summed E-state index contributed by atoms with van der Waals surface area (Å²) in [7, 11) is -2.23. The van der Waals surface area contributed by atoms with Crippen molar-refractivity contribution in [2.24, 2.45) is 0 Å². The molecule has 726 valence electrons. The van der Waals surface area contributed by atoms with Crippen LogP contribution in [-0.2, 0) is 29.0 Å². The summed E-state index contributed by atoms with van der Waals surface area (Å²) in [5, 5.41) is 2.37. The third kappa shape index (κ3) is 15.1. The topological polar surface area (TPSA) is 79.2 Å². The minimum absolute atomic E-state index is 0.0646. The van der Waals surface area contributed by atoms with Gasteiger partial charge in [0.25, 0.3) is 0 Å². The van der Waals surface area contributed by atoms with Crippen molar-refractivity contribution in [2.75, 3.05) is 0 Å². The Kier molecular flexibility index (Phi) is 16.3. The SMILES string of the molecule is [2H]C([2H])([2H])c1ccc(-c2c(C(C)(C)C)ccc3c2Oc2ccccc2[Si]3(C)C)cc1-c1cc(-n2c3ccccc3n3c4ccccc4nc23)ccc1C([2H])([2H])[2H].[2H]C([2H])([2H])c1ccc(-c2c(C([2H])([2H])[2H])ccc3c2Sc2ccccc2C3(C)C)cc1-c1cc(-c2c(C([2H])([2H])C)ccc3c2oc2nc4ccccc4n23)ccc1C([2H])([2H])[2H].[2H]C([2H])([2H])c1ccc(-c2c(C([2H])([2H])[2H])ccc3c2Sc2ccccc2C3(C)C)cc1-c1cc(-c2c(C([2H])([2H])C)ccc3c2sc2nc4ccccc4n23)ccc1C([2H])([2H])[2H]. The maximum Gasteiger partial charge on any atom is 0.307 e. The lowest BCUT2D eigenvalue weighted by Crippen LogP contribution is -2.56. The molecule has 0 radical (unpaired) electrons. The summed E-state index contributed by atoms with van der Waals surface area (Å²) in [6.07, 6.45) is -3.72. The number of nitrogens with zero attached hydrogens (tertiary/aromatic N) is 7. The van der Waals surface area contributed by atoms with Crippen LogP contribution in [0.2, 0.25) is 13.1 Å². The van der Waals surface area contributed by atoms with E-state index in [2.05, 4.69) is 107 Å². The first-order chi connectivity index (χ1) is 82.5. The summed E-state index contributed by atoms with van der Waals surface area (Å²) >= 11 is 4.33. The number of fused-ring (bicyclic) bond motifs is 21. The van der Waals surface area contributed by atoms with E-state index in [9.17, 15) is 0 Å². The number of benzene rings is 18. The molecule has 18 aromatic carbocycles. The summed E-state index contributed by atoms with van der Waals surface area (Å²) in [6, 6.07) is 103. The molecule has 27 rings (SSSR count). The highest BCUT2D eigenvalue weighted by atomic mass is 32.2. The Morgan fingerprint density at radius 3 is 1.32 bits per heavy atom. The predicted molar refractivity (Wildman–Crippen MR) is 628 cm³/mol. The number of rotatable bonds is 11. The van der Waals surface area contributed by atoms with E-state index in [0.717, 1.165) is 124 Å². The third-order valence-corrected chi connectivity index (χ3v) is 37.1. The molecule has 0 saturated carbocycles. The first-order valence-electron chi connectivity index (χ1n) is 63.3. The molecule has 0 unspecified atom stereocenters. The summed E-state index contributed by atoms with van der Waals surface area (Å²) in [5.74, 6) is 2.56. The Hall–Kier alpha value is -15.1. The molecule has 24 aromatic rings. The average molecular weight is 2020 g/mol. The molecule has 3 aliphatic heterocycles. The fourth-order valence-electron chi connectivity index (χ4n) is 22.6. The van der Waals surface area contributed by atoms with Crippen LogP contribution < -0.4 is 15.1 Å². The summed E-state index contributed by atoms with van der Waals surface area (Å²) in [4.78, 5) is 18.7. The molecule has 148 heavy (non-hydrogen) atoms. The quantitative estimate of drug-likeness (QED) is 0.119. The Balaban J connectivity index is 0.000000131. The van der Waals surface area contributed by atoms with Crippen LogP contribution in [0.3, 0.4) is 0 Å². The maximum atomic E-state index is 8.92. The van der Waals surface area contributed by atoms with Gasteiger partial charge in [0.05, 0.1) is 59.9 Å². The van der Waals surface area contributed by atoms with E-state index in [0.29, 0.717) is 94.2 Å². The normalized spacial score (nSPS) is 17.4. The van der Waals surface area contributed by atoms with Crippen molar-refractivity contribution >= 4 is 135 Å². The number of ether oxygens (including phenoxy) is 1. The fourth-order valence-corrected chi connectivity index (χ4v) is 29.7. The molecule has 0 spiro atoms. The average Bonchev–Trinajstić information content (AvgIpc) is 0.863. The molecule has 13 heteroatoms. The Labute approximate surface area is 918 Å². The highest BCUT2D eigenvalue weighted by molar-refractivity contribution is 8.00. The van der Waals surface area contributed by atoms with Gasteiger partial charge in [0.2, 0.25) is 5.78 Å². The number of thiazole rings is 1. The van der Waals surface area contributed by atoms with Gasteiger partial charge in [0, 0.05) is 91.2 Å². The lowest BCUT2D eigenvalue weighted by molar-refractivity contribution is 0.485. The zero-order valence-electron chi connectivity index (χ0n) is 111. The predicted octanol–water partition coefficient (Wildman–Crippen LogP) is 36.1.